The largest absolute Gasteiger partial charge is 0.337 e. The van der Waals surface area contributed by atoms with Crippen LogP contribution in [-0.4, -0.2) is 16.7 Å². The molecule has 0 spiro atoms. The molecular weight excluding hydrogens is 309 g/mol. The molecule has 2 unspecified atom stereocenters. The monoisotopic (exact) mass is 325 g/mol. The second-order valence-electron chi connectivity index (χ2n) is 5.39. The molecule has 1 fully saturated rings. The molecule has 112 valence electrons. The van der Waals surface area contributed by atoms with E-state index in [-0.39, 0.29) is 6.04 Å². The van der Waals surface area contributed by atoms with Crippen molar-refractivity contribution in [1.29, 1.82) is 0 Å². The lowest BCUT2D eigenvalue weighted by atomic mass is 9.90. The van der Waals surface area contributed by atoms with Crippen LogP contribution >= 0.6 is 23.2 Å². The fraction of sp³-hybridized carbons (Fsp3) is 0.467. The highest BCUT2D eigenvalue weighted by atomic mass is 35.5. The molecule has 1 saturated heterocycles. The first-order chi connectivity index (χ1) is 10.2. The zero-order valence-electron chi connectivity index (χ0n) is 11.8. The lowest BCUT2D eigenvalue weighted by Gasteiger charge is -2.27. The van der Waals surface area contributed by atoms with E-state index < -0.39 is 0 Å². The van der Waals surface area contributed by atoms with E-state index in [0.717, 1.165) is 24.4 Å². The summed E-state index contributed by atoms with van der Waals surface area (Å²) in [6.45, 7) is 3.22. The van der Waals surface area contributed by atoms with E-state index in [1.165, 1.54) is 12.8 Å². The van der Waals surface area contributed by atoms with Crippen LogP contribution in [0.4, 0.5) is 0 Å². The minimum Gasteiger partial charge on any atom is -0.337 e. The molecule has 1 aromatic carbocycles. The Hall–Kier alpha value is -1.10. The molecule has 2 heterocycles. The summed E-state index contributed by atoms with van der Waals surface area (Å²) in [5.74, 6) is 1.91. The first-order valence-electron chi connectivity index (χ1n) is 7.19. The number of rotatable bonds is 3. The van der Waals surface area contributed by atoms with Gasteiger partial charge in [0.05, 0.1) is 16.1 Å². The Morgan fingerprint density at radius 2 is 2.19 bits per heavy atom. The van der Waals surface area contributed by atoms with Crippen LogP contribution in [0.25, 0.3) is 11.4 Å². The average molecular weight is 326 g/mol. The number of halogens is 2. The molecule has 3 rings (SSSR count). The molecule has 0 aliphatic carbocycles. The van der Waals surface area contributed by atoms with Crippen LogP contribution in [0.2, 0.25) is 10.0 Å². The van der Waals surface area contributed by atoms with Gasteiger partial charge in [-0.3, -0.25) is 0 Å². The van der Waals surface area contributed by atoms with Crippen LogP contribution < -0.4 is 5.32 Å². The highest BCUT2D eigenvalue weighted by molar-refractivity contribution is 6.42. The van der Waals surface area contributed by atoms with Crippen molar-refractivity contribution in [3.63, 3.8) is 0 Å². The summed E-state index contributed by atoms with van der Waals surface area (Å²) in [4.78, 5) is 4.50. The van der Waals surface area contributed by atoms with Crippen molar-refractivity contribution in [2.24, 2.45) is 5.92 Å². The van der Waals surface area contributed by atoms with Gasteiger partial charge in [-0.1, -0.05) is 41.7 Å². The Morgan fingerprint density at radius 3 is 2.95 bits per heavy atom. The Balaban J connectivity index is 1.81. The first-order valence-corrected chi connectivity index (χ1v) is 7.95. The Morgan fingerprint density at radius 1 is 1.33 bits per heavy atom. The maximum absolute atomic E-state index is 6.03. The summed E-state index contributed by atoms with van der Waals surface area (Å²) >= 11 is 11.9. The van der Waals surface area contributed by atoms with Crippen molar-refractivity contribution < 1.29 is 4.52 Å². The van der Waals surface area contributed by atoms with Crippen LogP contribution in [0.15, 0.2) is 22.7 Å². The molecular formula is C15H17Cl2N3O. The molecule has 0 saturated carbocycles. The van der Waals surface area contributed by atoms with E-state index in [1.807, 2.05) is 6.07 Å². The van der Waals surface area contributed by atoms with E-state index in [0.29, 0.717) is 21.8 Å². The minimum atomic E-state index is 0.146. The molecule has 0 amide bonds. The summed E-state index contributed by atoms with van der Waals surface area (Å²) in [6, 6.07) is 5.47. The van der Waals surface area contributed by atoms with Gasteiger partial charge in [0.2, 0.25) is 11.7 Å². The van der Waals surface area contributed by atoms with Gasteiger partial charge >= 0.3 is 0 Å². The lowest BCUT2D eigenvalue weighted by molar-refractivity contribution is 0.246. The normalized spacial score (nSPS) is 22.4. The maximum Gasteiger partial charge on any atom is 0.244 e. The number of benzene rings is 1. The maximum atomic E-state index is 6.03. The highest BCUT2D eigenvalue weighted by Crippen LogP contribution is 2.31. The summed E-state index contributed by atoms with van der Waals surface area (Å²) in [5, 5.41) is 8.50. The second kappa shape index (κ2) is 6.34. The van der Waals surface area contributed by atoms with Gasteiger partial charge in [0.15, 0.2) is 0 Å². The molecule has 1 aromatic heterocycles. The summed E-state index contributed by atoms with van der Waals surface area (Å²) in [5.41, 5.74) is 0.808. The van der Waals surface area contributed by atoms with Gasteiger partial charge in [-0.2, -0.15) is 4.98 Å². The second-order valence-corrected chi connectivity index (χ2v) is 6.20. The van der Waals surface area contributed by atoms with Crippen LogP contribution in [-0.2, 0) is 0 Å². The minimum absolute atomic E-state index is 0.146. The molecule has 2 aromatic rings. The number of hydrogen-bond acceptors (Lipinski definition) is 4. The predicted octanol–water partition coefficient (Wildman–Crippen LogP) is 4.49. The highest BCUT2D eigenvalue weighted by Gasteiger charge is 2.26. The van der Waals surface area contributed by atoms with Gasteiger partial charge in [-0.25, -0.2) is 0 Å². The zero-order chi connectivity index (χ0) is 14.8. The SMILES string of the molecule is CCC1CCNC(c2nc(-c3ccc(Cl)c(Cl)c3)no2)C1. The molecule has 21 heavy (non-hydrogen) atoms. The van der Waals surface area contributed by atoms with E-state index >= 15 is 0 Å². The molecule has 1 aliphatic heterocycles. The number of nitrogens with zero attached hydrogens (tertiary/aromatic N) is 2. The van der Waals surface area contributed by atoms with Crippen molar-refractivity contribution in [1.82, 2.24) is 15.5 Å². The van der Waals surface area contributed by atoms with E-state index in [4.69, 9.17) is 27.7 Å². The van der Waals surface area contributed by atoms with Crippen molar-refractivity contribution in [2.45, 2.75) is 32.2 Å². The molecule has 0 radical (unpaired) electrons. The molecule has 4 nitrogen and oxygen atoms in total. The number of nitrogens with one attached hydrogen (secondary N) is 1. The van der Waals surface area contributed by atoms with Gasteiger partial charge in [0, 0.05) is 5.56 Å². The van der Waals surface area contributed by atoms with Crippen molar-refractivity contribution in [2.75, 3.05) is 6.54 Å². The number of piperidine rings is 1. The van der Waals surface area contributed by atoms with Crippen molar-refractivity contribution in [3.05, 3.63) is 34.1 Å². The molecule has 0 bridgehead atoms. The smallest absolute Gasteiger partial charge is 0.244 e. The van der Waals surface area contributed by atoms with Gasteiger partial charge < -0.3 is 9.84 Å². The van der Waals surface area contributed by atoms with Gasteiger partial charge in [0.1, 0.15) is 0 Å². The van der Waals surface area contributed by atoms with Crippen LogP contribution in [0.3, 0.4) is 0 Å². The number of hydrogen-bond donors (Lipinski definition) is 1. The van der Waals surface area contributed by atoms with Crippen LogP contribution in [0.1, 0.15) is 38.1 Å². The molecule has 6 heteroatoms. The standard InChI is InChI=1S/C15H17Cl2N3O/c1-2-9-5-6-18-13(7-9)15-19-14(20-21-15)10-3-4-11(16)12(17)8-10/h3-4,8-9,13,18H,2,5-7H2,1H3. The fourth-order valence-electron chi connectivity index (χ4n) is 2.68. The van der Waals surface area contributed by atoms with E-state index in [9.17, 15) is 0 Å². The summed E-state index contributed by atoms with van der Waals surface area (Å²) < 4.78 is 5.42. The molecule has 2 atom stereocenters. The first kappa shape index (κ1) is 14.8. The van der Waals surface area contributed by atoms with Gasteiger partial charge in [-0.15, -0.1) is 0 Å². The van der Waals surface area contributed by atoms with Crippen LogP contribution in [0.5, 0.6) is 0 Å². The Bertz CT molecular complexity index is 629. The van der Waals surface area contributed by atoms with E-state index in [2.05, 4.69) is 22.4 Å². The summed E-state index contributed by atoms with van der Waals surface area (Å²) in [6.07, 6.45) is 3.44. The third-order valence-corrected chi connectivity index (χ3v) is 4.75. The lowest BCUT2D eigenvalue weighted by Crippen LogP contribution is -2.31. The zero-order valence-corrected chi connectivity index (χ0v) is 13.3. The Labute approximate surface area is 133 Å². The third kappa shape index (κ3) is 3.23. The summed E-state index contributed by atoms with van der Waals surface area (Å²) in [7, 11) is 0. The Kier molecular flexibility index (Phi) is 4.48. The van der Waals surface area contributed by atoms with Crippen molar-refractivity contribution >= 4 is 23.2 Å². The number of aromatic nitrogens is 2. The molecule has 1 aliphatic rings. The topological polar surface area (TPSA) is 51.0 Å². The fourth-order valence-corrected chi connectivity index (χ4v) is 2.98. The average Bonchev–Trinajstić information content (AvgIpc) is 3.00. The van der Waals surface area contributed by atoms with Gasteiger partial charge in [-0.05, 0) is 43.5 Å². The van der Waals surface area contributed by atoms with Crippen molar-refractivity contribution in [3.8, 4) is 11.4 Å². The quantitative estimate of drug-likeness (QED) is 0.902. The molecule has 1 N–H and O–H groups in total. The van der Waals surface area contributed by atoms with E-state index in [1.54, 1.807) is 12.1 Å². The predicted molar refractivity (Wildman–Crippen MR) is 83.5 cm³/mol. The third-order valence-electron chi connectivity index (χ3n) is 4.01. The van der Waals surface area contributed by atoms with Gasteiger partial charge in [0.25, 0.3) is 0 Å². The van der Waals surface area contributed by atoms with Crippen LogP contribution in [0, 0.1) is 5.92 Å².